The largest absolute Gasteiger partial charge is 0.342 e. The lowest BCUT2D eigenvalue weighted by Gasteiger charge is -2.06. The Morgan fingerprint density at radius 3 is 3.00 bits per heavy atom. The molecule has 4 nitrogen and oxygen atoms in total. The molecule has 1 unspecified atom stereocenters. The number of rotatable bonds is 4. The van der Waals surface area contributed by atoms with Crippen molar-refractivity contribution < 1.29 is 4.79 Å². The average Bonchev–Trinajstić information content (AvgIpc) is 2.67. The number of imidazole rings is 1. The van der Waals surface area contributed by atoms with Crippen molar-refractivity contribution in [3.63, 3.8) is 0 Å². The van der Waals surface area contributed by atoms with Crippen LogP contribution in [-0.4, -0.2) is 22.3 Å². The molecule has 17 heavy (non-hydrogen) atoms. The lowest BCUT2D eigenvalue weighted by molar-refractivity contribution is 0.0966. The third kappa shape index (κ3) is 2.53. The van der Waals surface area contributed by atoms with Crippen LogP contribution in [0.25, 0.3) is 11.0 Å². The predicted octanol–water partition coefficient (Wildman–Crippen LogP) is 2.04. The summed E-state index contributed by atoms with van der Waals surface area (Å²) in [6, 6.07) is 5.56. The van der Waals surface area contributed by atoms with Crippen molar-refractivity contribution in [1.29, 1.82) is 0 Å². The number of aromatic amines is 1. The molecule has 4 heteroatoms. The topological polar surface area (TPSA) is 71.8 Å². The van der Waals surface area contributed by atoms with E-state index in [0.717, 1.165) is 22.4 Å². The van der Waals surface area contributed by atoms with Gasteiger partial charge in [0.2, 0.25) is 0 Å². The number of fused-ring (bicyclic) bond motifs is 1. The first-order chi connectivity index (χ1) is 8.10. The van der Waals surface area contributed by atoms with Crippen molar-refractivity contribution in [2.75, 3.05) is 6.54 Å². The molecule has 0 spiro atoms. The molecule has 0 radical (unpaired) electrons. The summed E-state index contributed by atoms with van der Waals surface area (Å²) in [5.74, 6) is 1.22. The molecule has 3 N–H and O–H groups in total. The standard InChI is InChI=1S/C13H17N3O/c1-8(7-14)5-13(17)10-3-4-11-12(6-10)16-9(2)15-11/h3-4,6,8H,5,7,14H2,1-2H3,(H,15,16). The molecule has 90 valence electrons. The molecule has 0 bridgehead atoms. The van der Waals surface area contributed by atoms with Gasteiger partial charge in [0.05, 0.1) is 11.0 Å². The summed E-state index contributed by atoms with van der Waals surface area (Å²) in [7, 11) is 0. The van der Waals surface area contributed by atoms with Crippen LogP contribution in [0.15, 0.2) is 18.2 Å². The average molecular weight is 231 g/mol. The Labute approximate surface area is 100 Å². The first kappa shape index (κ1) is 11.8. The number of carbonyl (C=O) groups is 1. The number of benzene rings is 1. The molecule has 0 fully saturated rings. The Hall–Kier alpha value is -1.68. The van der Waals surface area contributed by atoms with E-state index in [4.69, 9.17) is 5.73 Å². The Balaban J connectivity index is 2.26. The van der Waals surface area contributed by atoms with Gasteiger partial charge in [-0.05, 0) is 37.6 Å². The molecular weight excluding hydrogens is 214 g/mol. The number of carbonyl (C=O) groups excluding carboxylic acids is 1. The van der Waals surface area contributed by atoms with E-state index in [-0.39, 0.29) is 11.7 Å². The normalized spacial score (nSPS) is 12.9. The van der Waals surface area contributed by atoms with Crippen molar-refractivity contribution in [3.8, 4) is 0 Å². The summed E-state index contributed by atoms with van der Waals surface area (Å²) in [4.78, 5) is 19.4. The van der Waals surface area contributed by atoms with Crippen LogP contribution in [0.3, 0.4) is 0 Å². The van der Waals surface area contributed by atoms with E-state index >= 15 is 0 Å². The number of aromatic nitrogens is 2. The number of Topliss-reactive ketones (excluding diaryl/α,β-unsaturated/α-hetero) is 1. The molecule has 0 saturated carbocycles. The van der Waals surface area contributed by atoms with Gasteiger partial charge in [0.15, 0.2) is 5.78 Å². The Morgan fingerprint density at radius 2 is 2.29 bits per heavy atom. The molecule has 0 aliphatic carbocycles. The fraction of sp³-hybridized carbons (Fsp3) is 0.385. The van der Waals surface area contributed by atoms with E-state index in [2.05, 4.69) is 9.97 Å². The van der Waals surface area contributed by atoms with Crippen LogP contribution in [0.5, 0.6) is 0 Å². The number of ketones is 1. The van der Waals surface area contributed by atoms with Gasteiger partial charge < -0.3 is 10.7 Å². The predicted molar refractivity (Wildman–Crippen MR) is 68.0 cm³/mol. The summed E-state index contributed by atoms with van der Waals surface area (Å²) in [5, 5.41) is 0. The third-order valence-corrected chi connectivity index (χ3v) is 2.86. The molecule has 2 rings (SSSR count). The highest BCUT2D eigenvalue weighted by Gasteiger charge is 2.11. The van der Waals surface area contributed by atoms with Crippen molar-refractivity contribution in [1.82, 2.24) is 9.97 Å². The fourth-order valence-electron chi connectivity index (χ4n) is 1.83. The van der Waals surface area contributed by atoms with E-state index in [1.54, 1.807) is 0 Å². The summed E-state index contributed by atoms with van der Waals surface area (Å²) in [6.45, 7) is 4.42. The molecule has 0 aliphatic heterocycles. The van der Waals surface area contributed by atoms with E-state index in [1.165, 1.54) is 0 Å². The number of H-pyrrole nitrogens is 1. The van der Waals surface area contributed by atoms with Gasteiger partial charge in [0.25, 0.3) is 0 Å². The quantitative estimate of drug-likeness (QED) is 0.791. The minimum atomic E-state index is 0.136. The SMILES string of the molecule is Cc1nc2ccc(C(=O)CC(C)CN)cc2[nH]1. The van der Waals surface area contributed by atoms with Crippen LogP contribution in [-0.2, 0) is 0 Å². The highest BCUT2D eigenvalue weighted by molar-refractivity contribution is 5.99. The molecule has 2 aromatic rings. The number of aryl methyl sites for hydroxylation is 1. The van der Waals surface area contributed by atoms with Gasteiger partial charge in [-0.15, -0.1) is 0 Å². The minimum Gasteiger partial charge on any atom is -0.342 e. The van der Waals surface area contributed by atoms with Gasteiger partial charge in [-0.2, -0.15) is 0 Å². The smallest absolute Gasteiger partial charge is 0.163 e. The Morgan fingerprint density at radius 1 is 1.53 bits per heavy atom. The molecular formula is C13H17N3O. The second-order valence-corrected chi connectivity index (χ2v) is 4.52. The summed E-state index contributed by atoms with van der Waals surface area (Å²) in [5.41, 5.74) is 8.05. The van der Waals surface area contributed by atoms with Gasteiger partial charge in [0.1, 0.15) is 5.82 Å². The second kappa shape index (κ2) is 4.67. The van der Waals surface area contributed by atoms with Crippen molar-refractivity contribution in [2.45, 2.75) is 20.3 Å². The first-order valence-electron chi connectivity index (χ1n) is 5.80. The fourth-order valence-corrected chi connectivity index (χ4v) is 1.83. The van der Waals surface area contributed by atoms with Gasteiger partial charge in [-0.25, -0.2) is 4.98 Å². The second-order valence-electron chi connectivity index (χ2n) is 4.52. The molecule has 1 aromatic heterocycles. The van der Waals surface area contributed by atoms with Gasteiger partial charge in [-0.1, -0.05) is 6.92 Å². The maximum Gasteiger partial charge on any atom is 0.163 e. The van der Waals surface area contributed by atoms with Crippen LogP contribution < -0.4 is 5.73 Å². The van der Waals surface area contributed by atoms with Gasteiger partial charge in [-0.3, -0.25) is 4.79 Å². The Kier molecular flexibility index (Phi) is 3.24. The number of hydrogen-bond acceptors (Lipinski definition) is 3. The van der Waals surface area contributed by atoms with Crippen LogP contribution >= 0.6 is 0 Å². The lowest BCUT2D eigenvalue weighted by Crippen LogP contribution is -2.15. The number of nitrogens with one attached hydrogen (secondary N) is 1. The zero-order valence-corrected chi connectivity index (χ0v) is 10.2. The van der Waals surface area contributed by atoms with Crippen LogP contribution in [0.4, 0.5) is 0 Å². The first-order valence-corrected chi connectivity index (χ1v) is 5.80. The van der Waals surface area contributed by atoms with Crippen LogP contribution in [0.1, 0.15) is 29.5 Å². The molecule has 1 heterocycles. The summed E-state index contributed by atoms with van der Waals surface area (Å²) in [6.07, 6.45) is 0.495. The van der Waals surface area contributed by atoms with E-state index in [1.807, 2.05) is 32.0 Å². The third-order valence-electron chi connectivity index (χ3n) is 2.86. The lowest BCUT2D eigenvalue weighted by atomic mass is 10.00. The molecule has 1 aromatic carbocycles. The zero-order valence-electron chi connectivity index (χ0n) is 10.2. The van der Waals surface area contributed by atoms with Crippen LogP contribution in [0, 0.1) is 12.8 Å². The number of nitrogens with two attached hydrogens (primary N) is 1. The molecule has 1 atom stereocenters. The molecule has 0 amide bonds. The van der Waals surface area contributed by atoms with Crippen molar-refractivity contribution in [3.05, 3.63) is 29.6 Å². The van der Waals surface area contributed by atoms with Gasteiger partial charge in [0, 0.05) is 12.0 Å². The van der Waals surface area contributed by atoms with Gasteiger partial charge >= 0.3 is 0 Å². The van der Waals surface area contributed by atoms with E-state index in [9.17, 15) is 4.79 Å². The maximum absolute atomic E-state index is 12.0. The molecule has 0 aliphatic rings. The monoisotopic (exact) mass is 231 g/mol. The van der Waals surface area contributed by atoms with E-state index < -0.39 is 0 Å². The van der Waals surface area contributed by atoms with E-state index in [0.29, 0.717) is 13.0 Å². The Bertz CT molecular complexity index is 545. The highest BCUT2D eigenvalue weighted by atomic mass is 16.1. The highest BCUT2D eigenvalue weighted by Crippen LogP contribution is 2.16. The summed E-state index contributed by atoms with van der Waals surface area (Å²) >= 11 is 0. The van der Waals surface area contributed by atoms with Crippen molar-refractivity contribution >= 4 is 16.8 Å². The van der Waals surface area contributed by atoms with Crippen molar-refractivity contribution in [2.24, 2.45) is 11.7 Å². The number of nitrogens with zero attached hydrogens (tertiary/aromatic N) is 1. The molecule has 0 saturated heterocycles. The minimum absolute atomic E-state index is 0.136. The summed E-state index contributed by atoms with van der Waals surface area (Å²) < 4.78 is 0. The number of hydrogen-bond donors (Lipinski definition) is 2. The zero-order chi connectivity index (χ0) is 12.4. The van der Waals surface area contributed by atoms with Crippen LogP contribution in [0.2, 0.25) is 0 Å². The maximum atomic E-state index is 12.0.